The lowest BCUT2D eigenvalue weighted by Gasteiger charge is -1.99. The summed E-state index contributed by atoms with van der Waals surface area (Å²) in [6, 6.07) is 3.59. The van der Waals surface area contributed by atoms with Crippen molar-refractivity contribution in [3.8, 4) is 4.90 Å². The molecule has 1 N–H and O–H groups in total. The zero-order valence-corrected chi connectivity index (χ0v) is 11.5. The van der Waals surface area contributed by atoms with E-state index in [1.807, 2.05) is 24.4 Å². The first-order valence-corrected chi connectivity index (χ1v) is 7.22. The molecule has 0 fully saturated rings. The lowest BCUT2D eigenvalue weighted by molar-refractivity contribution is 0.253. The van der Waals surface area contributed by atoms with Gasteiger partial charge in [-0.15, -0.1) is 0 Å². The van der Waals surface area contributed by atoms with E-state index in [1.165, 1.54) is 10.9 Å². The smallest absolute Gasteiger partial charge is 0.264 e. The van der Waals surface area contributed by atoms with Crippen LogP contribution in [0.4, 0.5) is 9.93 Å². The standard InChI is InChI=1S/C13H11N5OS/c1-10-8-20(11-2-4-14-5-3-11)12(16-10)17-13(19)18-7-6-15-9-18/h2-9H,1H3/p+1. The van der Waals surface area contributed by atoms with Gasteiger partial charge in [0.05, 0.1) is 16.2 Å². The Kier molecular flexibility index (Phi) is 3.26. The Morgan fingerprint density at radius 3 is 2.75 bits per heavy atom. The molecule has 3 heterocycles. The summed E-state index contributed by atoms with van der Waals surface area (Å²) in [5, 5.41) is 5.52. The number of imidazole rings is 1. The maximum absolute atomic E-state index is 12.0. The first-order valence-electron chi connectivity index (χ1n) is 5.93. The van der Waals surface area contributed by atoms with Crippen LogP contribution >= 0.6 is 10.5 Å². The number of anilines is 1. The number of pyridine rings is 1. The summed E-state index contributed by atoms with van der Waals surface area (Å²) in [5.74, 6) is 0. The molecule has 0 saturated heterocycles. The first kappa shape index (κ1) is 12.5. The van der Waals surface area contributed by atoms with Crippen molar-refractivity contribution in [1.29, 1.82) is 0 Å². The number of carbonyl (C=O) groups is 1. The van der Waals surface area contributed by atoms with Crippen molar-refractivity contribution in [3.63, 3.8) is 0 Å². The number of nitrogens with zero attached hydrogens (tertiary/aromatic N) is 4. The molecule has 0 spiro atoms. The third kappa shape index (κ3) is 2.43. The summed E-state index contributed by atoms with van der Waals surface area (Å²) in [4.78, 5) is 25.4. The second-order valence-corrected chi connectivity index (χ2v) is 5.87. The van der Waals surface area contributed by atoms with Crippen LogP contribution in [0, 0.1) is 6.92 Å². The minimum absolute atomic E-state index is 0.268. The predicted octanol–water partition coefficient (Wildman–Crippen LogP) is 2.80. The van der Waals surface area contributed by atoms with Crippen LogP contribution in [-0.4, -0.2) is 25.6 Å². The van der Waals surface area contributed by atoms with Crippen LogP contribution in [0.5, 0.6) is 0 Å². The summed E-state index contributed by atoms with van der Waals surface area (Å²) >= 11 is 0. The van der Waals surface area contributed by atoms with E-state index in [2.05, 4.69) is 20.3 Å². The maximum Gasteiger partial charge on any atom is 0.353 e. The van der Waals surface area contributed by atoms with Gasteiger partial charge in [0.15, 0.2) is 10.3 Å². The summed E-state index contributed by atoms with van der Waals surface area (Å²) < 4.78 is 1.38. The number of rotatable bonds is 2. The summed E-state index contributed by atoms with van der Waals surface area (Å²) in [5.41, 5.74) is 0.895. The number of amides is 1. The minimum atomic E-state index is -0.358. The van der Waals surface area contributed by atoms with Gasteiger partial charge < -0.3 is 0 Å². The van der Waals surface area contributed by atoms with Crippen molar-refractivity contribution in [2.75, 3.05) is 5.32 Å². The van der Waals surface area contributed by atoms with E-state index < -0.39 is 0 Å². The molecule has 0 aliphatic rings. The van der Waals surface area contributed by atoms with Crippen LogP contribution in [-0.2, 0) is 0 Å². The van der Waals surface area contributed by atoms with Crippen LogP contribution in [0.25, 0.3) is 4.90 Å². The fourth-order valence-electron chi connectivity index (χ4n) is 1.74. The molecule has 6 nitrogen and oxygen atoms in total. The Labute approximate surface area is 118 Å². The molecule has 0 aliphatic heterocycles. The lowest BCUT2D eigenvalue weighted by Crippen LogP contribution is -2.17. The van der Waals surface area contributed by atoms with Crippen molar-refractivity contribution < 1.29 is 4.79 Å². The molecular weight excluding hydrogens is 274 g/mol. The summed E-state index contributed by atoms with van der Waals surface area (Å²) in [6.07, 6.45) is 8.08. The van der Waals surface area contributed by atoms with Crippen LogP contribution in [0.2, 0.25) is 0 Å². The van der Waals surface area contributed by atoms with Gasteiger partial charge in [-0.1, -0.05) is 0 Å². The van der Waals surface area contributed by atoms with Gasteiger partial charge in [-0.05, 0) is 6.92 Å². The van der Waals surface area contributed by atoms with Crippen molar-refractivity contribution in [3.05, 3.63) is 54.3 Å². The Hall–Kier alpha value is -2.54. The van der Waals surface area contributed by atoms with Gasteiger partial charge in [0.2, 0.25) is 0 Å². The topological polar surface area (TPSA) is 72.7 Å². The molecule has 0 radical (unpaired) electrons. The highest BCUT2D eigenvalue weighted by atomic mass is 32.2. The number of thiazole rings is 1. The zero-order valence-electron chi connectivity index (χ0n) is 10.7. The van der Waals surface area contributed by atoms with Crippen molar-refractivity contribution in [1.82, 2.24) is 19.5 Å². The van der Waals surface area contributed by atoms with Gasteiger partial charge in [0.1, 0.15) is 6.33 Å². The highest BCUT2D eigenvalue weighted by molar-refractivity contribution is 7.41. The van der Waals surface area contributed by atoms with Crippen molar-refractivity contribution in [2.24, 2.45) is 0 Å². The number of carbonyl (C=O) groups excluding carboxylic acids is 1. The first-order chi connectivity index (χ1) is 9.74. The van der Waals surface area contributed by atoms with E-state index in [1.54, 1.807) is 24.8 Å². The predicted molar refractivity (Wildman–Crippen MR) is 77.2 cm³/mol. The average Bonchev–Trinajstić information content (AvgIpc) is 3.09. The second-order valence-electron chi connectivity index (χ2n) is 4.10. The molecule has 100 valence electrons. The number of hydrogen-bond acceptors (Lipinski definition) is 4. The Balaban J connectivity index is 1.93. The molecule has 3 rings (SSSR count). The lowest BCUT2D eigenvalue weighted by atomic mass is 10.5. The fraction of sp³-hybridized carbons (Fsp3) is 0.0769. The molecule has 20 heavy (non-hydrogen) atoms. The third-order valence-electron chi connectivity index (χ3n) is 2.63. The Morgan fingerprint density at radius 1 is 1.25 bits per heavy atom. The molecule has 0 aromatic carbocycles. The van der Waals surface area contributed by atoms with Crippen LogP contribution in [0.3, 0.4) is 0 Å². The van der Waals surface area contributed by atoms with E-state index >= 15 is 0 Å². The Morgan fingerprint density at radius 2 is 2.05 bits per heavy atom. The van der Waals surface area contributed by atoms with E-state index in [9.17, 15) is 4.79 Å². The summed E-state index contributed by atoms with van der Waals surface area (Å²) in [6.45, 7) is 1.91. The van der Waals surface area contributed by atoms with Gasteiger partial charge in [-0.2, -0.15) is 4.98 Å². The Bertz CT molecular complexity index is 721. The van der Waals surface area contributed by atoms with Crippen LogP contribution < -0.4 is 5.32 Å². The second kappa shape index (κ2) is 5.22. The molecule has 0 aliphatic carbocycles. The van der Waals surface area contributed by atoms with Gasteiger partial charge in [0.25, 0.3) is 0 Å². The number of hydrogen-bond donors (Lipinski definition) is 1. The molecule has 3 aromatic heterocycles. The number of aromatic nitrogens is 4. The summed E-state index contributed by atoms with van der Waals surface area (Å²) in [7, 11) is -0.358. The van der Waals surface area contributed by atoms with Gasteiger partial charge in [0, 0.05) is 36.9 Å². The minimum Gasteiger partial charge on any atom is -0.264 e. The maximum atomic E-state index is 12.0. The molecule has 1 amide bonds. The fourth-order valence-corrected chi connectivity index (χ4v) is 3.46. The molecular formula is C13H12N5OS+. The van der Waals surface area contributed by atoms with Gasteiger partial charge in [-0.3, -0.25) is 9.55 Å². The zero-order chi connectivity index (χ0) is 13.9. The number of nitrogens with one attached hydrogen (secondary N) is 1. The third-order valence-corrected chi connectivity index (χ3v) is 4.60. The SMILES string of the molecule is Cc1c[s+](-c2ccncc2)c(NC(=O)n2ccnc2)n1. The van der Waals surface area contributed by atoms with E-state index in [-0.39, 0.29) is 16.5 Å². The van der Waals surface area contributed by atoms with Crippen LogP contribution in [0.15, 0.2) is 48.6 Å². The van der Waals surface area contributed by atoms with Crippen molar-refractivity contribution >= 4 is 21.6 Å². The quantitative estimate of drug-likeness (QED) is 0.735. The van der Waals surface area contributed by atoms with Gasteiger partial charge in [-0.25, -0.2) is 15.1 Å². The number of aryl methyl sites for hydroxylation is 1. The molecule has 1 atom stereocenters. The van der Waals surface area contributed by atoms with E-state index in [0.717, 1.165) is 10.6 Å². The normalized spacial score (nSPS) is 11.3. The van der Waals surface area contributed by atoms with Crippen LogP contribution in [0.1, 0.15) is 5.69 Å². The molecule has 0 saturated carbocycles. The molecule has 0 bridgehead atoms. The van der Waals surface area contributed by atoms with Crippen molar-refractivity contribution in [2.45, 2.75) is 6.92 Å². The highest BCUT2D eigenvalue weighted by Gasteiger charge is 2.22. The average molecular weight is 286 g/mol. The highest BCUT2D eigenvalue weighted by Crippen LogP contribution is 2.38. The molecule has 7 heteroatoms. The van der Waals surface area contributed by atoms with Gasteiger partial charge >= 0.3 is 11.2 Å². The molecule has 3 aromatic rings. The van der Waals surface area contributed by atoms with E-state index in [0.29, 0.717) is 5.13 Å². The largest absolute Gasteiger partial charge is 0.353 e. The molecule has 1 unspecified atom stereocenters. The van der Waals surface area contributed by atoms with E-state index in [4.69, 9.17) is 0 Å². The monoisotopic (exact) mass is 286 g/mol.